The molecule has 10 heteroatoms. The van der Waals surface area contributed by atoms with Crippen LogP contribution in [-0.2, 0) is 26.2 Å². The van der Waals surface area contributed by atoms with Crippen LogP contribution in [0.25, 0.3) is 0 Å². The van der Waals surface area contributed by atoms with Gasteiger partial charge in [-0.3, -0.25) is 13.9 Å². The predicted molar refractivity (Wildman–Crippen MR) is 123 cm³/mol. The largest absolute Gasteiger partial charge is 0.352 e. The number of nitrogens with one attached hydrogen (secondary N) is 1. The molecule has 33 heavy (non-hydrogen) atoms. The van der Waals surface area contributed by atoms with Crippen molar-refractivity contribution < 1.29 is 26.8 Å². The number of hydrogen-bond donors (Lipinski definition) is 1. The number of carbonyl (C=O) groups is 2. The minimum atomic E-state index is -4.02. The second kappa shape index (κ2) is 10.7. The third-order valence-electron chi connectivity index (χ3n) is 4.94. The van der Waals surface area contributed by atoms with Crippen molar-refractivity contribution in [2.45, 2.75) is 46.3 Å². The maximum Gasteiger partial charge on any atom is 0.244 e. The standard InChI is InChI=1S/C23H29F2N3O4S/c1-15(2)26-23(30)17(4)27(13-18-8-6-16(3)7-9-18)22(29)14-28(33(5,31)32)19-10-11-20(24)21(25)12-19/h6-12,15,17H,13-14H2,1-5H3,(H,26,30). The lowest BCUT2D eigenvalue weighted by atomic mass is 10.1. The first-order valence-electron chi connectivity index (χ1n) is 10.4. The molecule has 7 nitrogen and oxygen atoms in total. The van der Waals surface area contributed by atoms with Crippen LogP contribution in [0, 0.1) is 18.6 Å². The highest BCUT2D eigenvalue weighted by Gasteiger charge is 2.30. The van der Waals surface area contributed by atoms with E-state index in [1.54, 1.807) is 20.8 Å². The molecule has 0 saturated carbocycles. The Morgan fingerprint density at radius 2 is 1.61 bits per heavy atom. The van der Waals surface area contributed by atoms with Gasteiger partial charge in [0.05, 0.1) is 11.9 Å². The number of amides is 2. The molecule has 0 aliphatic rings. The molecule has 180 valence electrons. The van der Waals surface area contributed by atoms with Gasteiger partial charge < -0.3 is 10.2 Å². The molecule has 1 atom stereocenters. The van der Waals surface area contributed by atoms with E-state index in [4.69, 9.17) is 0 Å². The number of sulfonamides is 1. The lowest BCUT2D eigenvalue weighted by Crippen LogP contribution is -2.52. The summed E-state index contributed by atoms with van der Waals surface area (Å²) < 4.78 is 52.6. The van der Waals surface area contributed by atoms with E-state index in [1.807, 2.05) is 31.2 Å². The van der Waals surface area contributed by atoms with Crippen molar-refractivity contribution in [3.63, 3.8) is 0 Å². The van der Waals surface area contributed by atoms with E-state index in [-0.39, 0.29) is 18.3 Å². The van der Waals surface area contributed by atoms with E-state index < -0.39 is 46.1 Å². The number of anilines is 1. The lowest BCUT2D eigenvalue weighted by Gasteiger charge is -2.32. The Morgan fingerprint density at radius 1 is 1.00 bits per heavy atom. The third kappa shape index (κ3) is 7.24. The summed E-state index contributed by atoms with van der Waals surface area (Å²) in [6.07, 6.45) is 0.862. The minimum absolute atomic E-state index is 0.0567. The fraction of sp³-hybridized carbons (Fsp3) is 0.391. The van der Waals surface area contributed by atoms with Crippen LogP contribution < -0.4 is 9.62 Å². The van der Waals surface area contributed by atoms with Gasteiger partial charge in [-0.1, -0.05) is 29.8 Å². The lowest BCUT2D eigenvalue weighted by molar-refractivity contribution is -0.139. The van der Waals surface area contributed by atoms with Crippen LogP contribution in [0.5, 0.6) is 0 Å². The molecule has 0 fully saturated rings. The van der Waals surface area contributed by atoms with Gasteiger partial charge in [-0.05, 0) is 45.4 Å². The number of hydrogen-bond acceptors (Lipinski definition) is 4. The van der Waals surface area contributed by atoms with Crippen LogP contribution in [0.15, 0.2) is 42.5 Å². The maximum atomic E-state index is 13.8. The molecule has 2 aromatic rings. The normalized spacial score (nSPS) is 12.4. The molecular weight excluding hydrogens is 452 g/mol. The highest BCUT2D eigenvalue weighted by atomic mass is 32.2. The fourth-order valence-electron chi connectivity index (χ4n) is 3.13. The summed E-state index contributed by atoms with van der Waals surface area (Å²) in [5, 5.41) is 2.75. The average molecular weight is 482 g/mol. The highest BCUT2D eigenvalue weighted by molar-refractivity contribution is 7.92. The quantitative estimate of drug-likeness (QED) is 0.597. The van der Waals surface area contributed by atoms with Crippen molar-refractivity contribution in [3.8, 4) is 0 Å². The van der Waals surface area contributed by atoms with Crippen molar-refractivity contribution >= 4 is 27.5 Å². The first-order chi connectivity index (χ1) is 15.3. The molecule has 0 aromatic heterocycles. The molecule has 0 radical (unpaired) electrons. The summed E-state index contributed by atoms with van der Waals surface area (Å²) in [5.74, 6) is -3.45. The summed E-state index contributed by atoms with van der Waals surface area (Å²) in [6, 6.07) is 8.85. The number of rotatable bonds is 9. The van der Waals surface area contributed by atoms with Gasteiger partial charge in [-0.25, -0.2) is 17.2 Å². The number of nitrogens with zero attached hydrogens (tertiary/aromatic N) is 2. The molecule has 2 rings (SSSR count). The Bertz CT molecular complexity index is 1110. The van der Waals surface area contributed by atoms with E-state index in [9.17, 15) is 26.8 Å². The van der Waals surface area contributed by atoms with Gasteiger partial charge in [0.1, 0.15) is 12.6 Å². The van der Waals surface area contributed by atoms with Crippen molar-refractivity contribution in [3.05, 3.63) is 65.2 Å². The van der Waals surface area contributed by atoms with Gasteiger partial charge in [-0.2, -0.15) is 0 Å². The summed E-state index contributed by atoms with van der Waals surface area (Å²) in [5.41, 5.74) is 1.57. The zero-order valence-corrected chi connectivity index (χ0v) is 20.1. The van der Waals surface area contributed by atoms with Crippen LogP contribution in [-0.4, -0.2) is 50.0 Å². The van der Waals surface area contributed by atoms with Crippen LogP contribution in [0.2, 0.25) is 0 Å². The van der Waals surface area contributed by atoms with E-state index in [0.29, 0.717) is 10.4 Å². The van der Waals surface area contributed by atoms with E-state index in [2.05, 4.69) is 5.32 Å². The van der Waals surface area contributed by atoms with Crippen LogP contribution >= 0.6 is 0 Å². The third-order valence-corrected chi connectivity index (χ3v) is 6.08. The summed E-state index contributed by atoms with van der Waals surface area (Å²) in [7, 11) is -4.02. The number of halogens is 2. The van der Waals surface area contributed by atoms with Gasteiger partial charge in [0.15, 0.2) is 11.6 Å². The minimum Gasteiger partial charge on any atom is -0.352 e. The van der Waals surface area contributed by atoms with Gasteiger partial charge in [0.25, 0.3) is 0 Å². The zero-order chi connectivity index (χ0) is 24.9. The van der Waals surface area contributed by atoms with Gasteiger partial charge >= 0.3 is 0 Å². The fourth-order valence-corrected chi connectivity index (χ4v) is 3.97. The van der Waals surface area contributed by atoms with Gasteiger partial charge in [0, 0.05) is 18.7 Å². The second-order valence-corrected chi connectivity index (χ2v) is 10.1. The Hall–Kier alpha value is -3.01. The van der Waals surface area contributed by atoms with Crippen LogP contribution in [0.4, 0.5) is 14.5 Å². The monoisotopic (exact) mass is 481 g/mol. The molecule has 0 aliphatic carbocycles. The predicted octanol–water partition coefficient (Wildman–Crippen LogP) is 2.98. The second-order valence-electron chi connectivity index (χ2n) is 8.21. The highest BCUT2D eigenvalue weighted by Crippen LogP contribution is 2.21. The molecule has 0 aliphatic heterocycles. The molecule has 0 saturated heterocycles. The SMILES string of the molecule is Cc1ccc(CN(C(=O)CN(c2ccc(F)c(F)c2)S(C)(=O)=O)C(C)C(=O)NC(C)C)cc1. The molecule has 2 amide bonds. The molecular formula is C23H29F2N3O4S. The molecule has 0 spiro atoms. The van der Waals surface area contributed by atoms with Crippen molar-refractivity contribution in [2.24, 2.45) is 0 Å². The average Bonchev–Trinajstić information content (AvgIpc) is 2.71. The van der Waals surface area contributed by atoms with Crippen molar-refractivity contribution in [1.29, 1.82) is 0 Å². The van der Waals surface area contributed by atoms with E-state index in [0.717, 1.165) is 29.5 Å². The Balaban J connectivity index is 2.40. The summed E-state index contributed by atoms with van der Waals surface area (Å²) >= 11 is 0. The molecule has 0 bridgehead atoms. The van der Waals surface area contributed by atoms with E-state index in [1.165, 1.54) is 4.90 Å². The summed E-state index contributed by atoms with van der Waals surface area (Å²) in [4.78, 5) is 27.2. The Labute approximate surface area is 193 Å². The van der Waals surface area contributed by atoms with Crippen molar-refractivity contribution in [2.75, 3.05) is 17.1 Å². The zero-order valence-electron chi connectivity index (χ0n) is 19.3. The van der Waals surface area contributed by atoms with Crippen LogP contribution in [0.1, 0.15) is 31.9 Å². The summed E-state index contributed by atoms with van der Waals surface area (Å²) in [6.45, 7) is 6.40. The van der Waals surface area contributed by atoms with Crippen LogP contribution in [0.3, 0.4) is 0 Å². The number of carbonyl (C=O) groups excluding carboxylic acids is 2. The molecule has 0 heterocycles. The molecule has 1 unspecified atom stereocenters. The molecule has 1 N–H and O–H groups in total. The molecule has 2 aromatic carbocycles. The first kappa shape index (κ1) is 26.2. The topological polar surface area (TPSA) is 86.8 Å². The van der Waals surface area contributed by atoms with E-state index >= 15 is 0 Å². The van der Waals surface area contributed by atoms with Gasteiger partial charge in [-0.15, -0.1) is 0 Å². The van der Waals surface area contributed by atoms with Gasteiger partial charge in [0.2, 0.25) is 21.8 Å². The number of benzene rings is 2. The Morgan fingerprint density at radius 3 is 2.12 bits per heavy atom. The first-order valence-corrected chi connectivity index (χ1v) is 12.2. The van der Waals surface area contributed by atoms with Crippen molar-refractivity contribution in [1.82, 2.24) is 10.2 Å². The Kier molecular flexibility index (Phi) is 8.54. The smallest absolute Gasteiger partial charge is 0.244 e. The number of aryl methyl sites for hydroxylation is 1. The maximum absolute atomic E-state index is 13.8.